The van der Waals surface area contributed by atoms with Crippen LogP contribution in [0, 0.1) is 0 Å². The molecule has 2 heteroatoms. The molecule has 1 aliphatic rings. The molecular formula is C14H13NO. The first-order valence-corrected chi connectivity index (χ1v) is 5.18. The van der Waals surface area contributed by atoms with Gasteiger partial charge in [0.1, 0.15) is 0 Å². The molecule has 1 aromatic rings. The van der Waals surface area contributed by atoms with Crippen LogP contribution in [0.1, 0.15) is 6.92 Å². The average molecular weight is 211 g/mol. The molecule has 0 atom stereocenters. The predicted molar refractivity (Wildman–Crippen MR) is 66.0 cm³/mol. The Balaban J connectivity index is 2.41. The number of benzene rings is 1. The third kappa shape index (κ3) is 1.48. The van der Waals surface area contributed by atoms with Crippen LogP contribution in [0.15, 0.2) is 66.4 Å². The number of para-hydroxylation sites is 1. The molecule has 2 rings (SSSR count). The van der Waals surface area contributed by atoms with E-state index in [4.69, 9.17) is 0 Å². The largest absolute Gasteiger partial charge is 0.276 e. The van der Waals surface area contributed by atoms with Gasteiger partial charge in [0.05, 0.1) is 11.3 Å². The maximum Gasteiger partial charge on any atom is 0.264 e. The van der Waals surface area contributed by atoms with Crippen molar-refractivity contribution >= 4 is 11.6 Å². The zero-order valence-electron chi connectivity index (χ0n) is 9.18. The maximum atomic E-state index is 11.9. The van der Waals surface area contributed by atoms with E-state index >= 15 is 0 Å². The van der Waals surface area contributed by atoms with Gasteiger partial charge in [0.15, 0.2) is 0 Å². The smallest absolute Gasteiger partial charge is 0.264 e. The zero-order valence-corrected chi connectivity index (χ0v) is 9.18. The van der Waals surface area contributed by atoms with Crippen molar-refractivity contribution in [2.45, 2.75) is 6.92 Å². The molecule has 2 nitrogen and oxygen atoms in total. The highest BCUT2D eigenvalue weighted by atomic mass is 16.2. The lowest BCUT2D eigenvalue weighted by molar-refractivity contribution is -0.116. The summed E-state index contributed by atoms with van der Waals surface area (Å²) in [5.74, 6) is 0.0433. The van der Waals surface area contributed by atoms with Crippen LogP contribution in [0.2, 0.25) is 0 Å². The van der Waals surface area contributed by atoms with Crippen LogP contribution in [0.3, 0.4) is 0 Å². The minimum absolute atomic E-state index is 0.0433. The second-order valence-corrected chi connectivity index (χ2v) is 3.47. The summed E-state index contributed by atoms with van der Waals surface area (Å²) in [7, 11) is 0. The van der Waals surface area contributed by atoms with E-state index in [1.807, 2.05) is 49.4 Å². The number of β-lactam (4-membered cyclic amide) rings is 1. The highest BCUT2D eigenvalue weighted by Crippen LogP contribution is 2.35. The second kappa shape index (κ2) is 4.19. The first kappa shape index (κ1) is 10.4. The molecule has 0 saturated carbocycles. The standard InChI is InChI=1S/C14H13NO/c1-3-8-13-12(4-2)14(16)15(13)11-9-6-5-7-10-11/h3-10H,1H2,2H3/b12-4?,13-8+. The highest BCUT2D eigenvalue weighted by molar-refractivity contribution is 6.20. The van der Waals surface area contributed by atoms with E-state index in [9.17, 15) is 4.79 Å². The monoisotopic (exact) mass is 211 g/mol. The van der Waals surface area contributed by atoms with Gasteiger partial charge < -0.3 is 0 Å². The number of hydrogen-bond donors (Lipinski definition) is 0. The third-order valence-electron chi connectivity index (χ3n) is 2.53. The molecule has 1 saturated heterocycles. The van der Waals surface area contributed by atoms with Crippen LogP contribution in [0.25, 0.3) is 0 Å². The summed E-state index contributed by atoms with van der Waals surface area (Å²) in [5.41, 5.74) is 2.56. The number of allylic oxidation sites excluding steroid dienone is 3. The summed E-state index contributed by atoms with van der Waals surface area (Å²) in [5, 5.41) is 0. The van der Waals surface area contributed by atoms with Crippen LogP contribution in [0.4, 0.5) is 5.69 Å². The minimum atomic E-state index is 0.0433. The van der Waals surface area contributed by atoms with E-state index < -0.39 is 0 Å². The second-order valence-electron chi connectivity index (χ2n) is 3.47. The lowest BCUT2D eigenvalue weighted by Crippen LogP contribution is -2.43. The topological polar surface area (TPSA) is 20.3 Å². The maximum absolute atomic E-state index is 11.9. The Labute approximate surface area is 95.2 Å². The first-order chi connectivity index (χ1) is 7.79. The fraction of sp³-hybridized carbons (Fsp3) is 0.0714. The Hall–Kier alpha value is -2.09. The Morgan fingerprint density at radius 3 is 2.50 bits per heavy atom. The van der Waals surface area contributed by atoms with Crippen molar-refractivity contribution in [3.05, 3.63) is 66.4 Å². The van der Waals surface area contributed by atoms with Crippen molar-refractivity contribution < 1.29 is 4.79 Å². The molecule has 0 radical (unpaired) electrons. The van der Waals surface area contributed by atoms with Gasteiger partial charge in [-0.15, -0.1) is 0 Å². The van der Waals surface area contributed by atoms with Crippen molar-refractivity contribution in [3.63, 3.8) is 0 Å². The number of nitrogens with zero attached hydrogens (tertiary/aromatic N) is 1. The van der Waals surface area contributed by atoms with Crippen molar-refractivity contribution in [1.82, 2.24) is 0 Å². The number of hydrogen-bond acceptors (Lipinski definition) is 1. The van der Waals surface area contributed by atoms with Crippen molar-refractivity contribution in [1.29, 1.82) is 0 Å². The Kier molecular flexibility index (Phi) is 2.73. The molecule has 0 N–H and O–H groups in total. The normalized spacial score (nSPS) is 20.1. The summed E-state index contributed by atoms with van der Waals surface area (Å²) in [6, 6.07) is 9.60. The van der Waals surface area contributed by atoms with E-state index in [0.29, 0.717) is 0 Å². The van der Waals surface area contributed by atoms with Gasteiger partial charge in [-0.05, 0) is 25.1 Å². The van der Waals surface area contributed by atoms with Crippen molar-refractivity contribution in [3.8, 4) is 0 Å². The quantitative estimate of drug-likeness (QED) is 0.544. The van der Waals surface area contributed by atoms with Crippen LogP contribution >= 0.6 is 0 Å². The van der Waals surface area contributed by atoms with Crippen molar-refractivity contribution in [2.75, 3.05) is 4.90 Å². The molecule has 1 fully saturated rings. The van der Waals surface area contributed by atoms with E-state index in [1.54, 1.807) is 11.0 Å². The number of carbonyl (C=O) groups is 1. The minimum Gasteiger partial charge on any atom is -0.276 e. The molecular weight excluding hydrogens is 198 g/mol. The molecule has 16 heavy (non-hydrogen) atoms. The number of amides is 1. The van der Waals surface area contributed by atoms with Gasteiger partial charge in [0, 0.05) is 5.69 Å². The van der Waals surface area contributed by atoms with Gasteiger partial charge >= 0.3 is 0 Å². The fourth-order valence-corrected chi connectivity index (χ4v) is 1.79. The van der Waals surface area contributed by atoms with Gasteiger partial charge in [0.25, 0.3) is 5.91 Å². The van der Waals surface area contributed by atoms with Crippen LogP contribution in [-0.2, 0) is 4.79 Å². The Morgan fingerprint density at radius 1 is 1.25 bits per heavy atom. The van der Waals surface area contributed by atoms with Gasteiger partial charge in [-0.3, -0.25) is 9.69 Å². The van der Waals surface area contributed by atoms with E-state index in [2.05, 4.69) is 6.58 Å². The number of rotatable bonds is 2. The van der Waals surface area contributed by atoms with Crippen LogP contribution < -0.4 is 4.90 Å². The molecule has 0 aromatic heterocycles. The summed E-state index contributed by atoms with van der Waals surface area (Å²) >= 11 is 0. The van der Waals surface area contributed by atoms with Gasteiger partial charge in [0.2, 0.25) is 0 Å². The van der Waals surface area contributed by atoms with Crippen molar-refractivity contribution in [2.24, 2.45) is 0 Å². The summed E-state index contributed by atoms with van der Waals surface area (Å²) in [6.07, 6.45) is 5.38. The van der Waals surface area contributed by atoms with Gasteiger partial charge in [-0.1, -0.05) is 36.9 Å². The summed E-state index contributed by atoms with van der Waals surface area (Å²) in [4.78, 5) is 13.6. The van der Waals surface area contributed by atoms with E-state index in [-0.39, 0.29) is 5.91 Å². The summed E-state index contributed by atoms with van der Waals surface area (Å²) in [6.45, 7) is 5.53. The SMILES string of the molecule is C=C/C=C1\C(=CC)C(=O)N1c1ccccc1. The third-order valence-corrected chi connectivity index (χ3v) is 2.53. The molecule has 0 bridgehead atoms. The highest BCUT2D eigenvalue weighted by Gasteiger charge is 2.36. The lowest BCUT2D eigenvalue weighted by Gasteiger charge is -2.36. The molecule has 1 heterocycles. The molecule has 0 aliphatic carbocycles. The number of carbonyl (C=O) groups excluding carboxylic acids is 1. The molecule has 1 aliphatic heterocycles. The van der Waals surface area contributed by atoms with Crippen LogP contribution in [-0.4, -0.2) is 5.91 Å². The predicted octanol–water partition coefficient (Wildman–Crippen LogP) is 3.05. The van der Waals surface area contributed by atoms with Gasteiger partial charge in [-0.25, -0.2) is 0 Å². The van der Waals surface area contributed by atoms with Crippen LogP contribution in [0.5, 0.6) is 0 Å². The first-order valence-electron chi connectivity index (χ1n) is 5.18. The molecule has 1 aromatic carbocycles. The molecule has 80 valence electrons. The van der Waals surface area contributed by atoms with Gasteiger partial charge in [-0.2, -0.15) is 0 Å². The molecule has 0 spiro atoms. The summed E-state index contributed by atoms with van der Waals surface area (Å²) < 4.78 is 0. The molecule has 0 unspecified atom stereocenters. The Bertz CT molecular complexity index is 483. The Morgan fingerprint density at radius 2 is 1.94 bits per heavy atom. The molecule has 1 amide bonds. The fourth-order valence-electron chi connectivity index (χ4n) is 1.79. The lowest BCUT2D eigenvalue weighted by atomic mass is 9.98. The number of anilines is 1. The zero-order chi connectivity index (χ0) is 11.5. The van der Waals surface area contributed by atoms with E-state index in [0.717, 1.165) is 17.0 Å². The van der Waals surface area contributed by atoms with E-state index in [1.165, 1.54) is 0 Å². The average Bonchev–Trinajstić information content (AvgIpc) is 2.31.